The Morgan fingerprint density at radius 2 is 1.33 bits per heavy atom. The third-order valence-corrected chi connectivity index (χ3v) is 7.51. The van der Waals surface area contributed by atoms with Crippen LogP contribution < -0.4 is 0 Å². The summed E-state index contributed by atoms with van der Waals surface area (Å²) in [7, 11) is 0. The lowest BCUT2D eigenvalue weighted by atomic mass is 9.76. The molecule has 3 aliphatic carbocycles. The van der Waals surface area contributed by atoms with E-state index in [1.54, 1.807) is 0 Å². The lowest BCUT2D eigenvalue weighted by molar-refractivity contribution is 0.209. The third-order valence-electron chi connectivity index (χ3n) is 7.51. The number of nitriles is 1. The maximum absolute atomic E-state index is 9.56. The summed E-state index contributed by atoms with van der Waals surface area (Å²) in [4.78, 5) is 3.65. The summed E-state index contributed by atoms with van der Waals surface area (Å²) in [6, 6.07) is 2.25. The van der Waals surface area contributed by atoms with Crippen LogP contribution in [-0.4, -0.2) is 0 Å². The minimum absolute atomic E-state index is 0.331. The van der Waals surface area contributed by atoms with Crippen LogP contribution in [0.1, 0.15) is 67.2 Å². The number of hydrogen-bond donors (Lipinski definition) is 0. The van der Waals surface area contributed by atoms with Crippen LogP contribution in [0.15, 0.2) is 11.3 Å². The SMILES string of the molecule is [C-]#[N+]C(C#N)=C1C2CC(C(C)(C)C)CC2C2CC(C(C)(C)C)CC12. The molecular weight excluding hydrogens is 292 g/mol. The largest absolute Gasteiger partial charge is 0.261 e. The first-order valence-corrected chi connectivity index (χ1v) is 9.59. The number of allylic oxidation sites excluding steroid dienone is 2. The second kappa shape index (κ2) is 5.62. The van der Waals surface area contributed by atoms with E-state index in [-0.39, 0.29) is 0 Å². The average molecular weight is 325 g/mol. The van der Waals surface area contributed by atoms with Crippen molar-refractivity contribution < 1.29 is 0 Å². The fourth-order valence-corrected chi connectivity index (χ4v) is 6.00. The predicted octanol–water partition coefficient (Wildman–Crippen LogP) is 6.07. The van der Waals surface area contributed by atoms with Crippen molar-refractivity contribution in [2.24, 2.45) is 46.3 Å². The summed E-state index contributed by atoms with van der Waals surface area (Å²) >= 11 is 0. The molecule has 3 aliphatic rings. The van der Waals surface area contributed by atoms with E-state index in [0.29, 0.717) is 40.2 Å². The van der Waals surface area contributed by atoms with Gasteiger partial charge in [-0.15, -0.1) is 0 Å². The average Bonchev–Trinajstić information content (AvgIpc) is 3.10. The van der Waals surface area contributed by atoms with Gasteiger partial charge in [0.25, 0.3) is 5.70 Å². The molecule has 2 heteroatoms. The molecule has 0 aliphatic heterocycles. The first-order valence-electron chi connectivity index (χ1n) is 9.59. The molecule has 0 spiro atoms. The van der Waals surface area contributed by atoms with E-state index in [9.17, 15) is 5.26 Å². The summed E-state index contributed by atoms with van der Waals surface area (Å²) in [5.41, 5.74) is 2.36. The highest BCUT2D eigenvalue weighted by molar-refractivity contribution is 5.40. The van der Waals surface area contributed by atoms with Crippen LogP contribution >= 0.6 is 0 Å². The zero-order valence-corrected chi connectivity index (χ0v) is 16.2. The molecular formula is C22H32N2. The minimum Gasteiger partial charge on any atom is -0.227 e. The molecule has 0 aromatic carbocycles. The molecule has 3 saturated carbocycles. The molecule has 0 amide bonds. The van der Waals surface area contributed by atoms with E-state index < -0.39 is 0 Å². The normalized spacial score (nSPS) is 38.4. The van der Waals surface area contributed by atoms with Gasteiger partial charge in [0.1, 0.15) is 0 Å². The summed E-state index contributed by atoms with van der Waals surface area (Å²) in [6.45, 7) is 21.6. The van der Waals surface area contributed by atoms with Crippen molar-refractivity contribution in [3.05, 3.63) is 22.7 Å². The van der Waals surface area contributed by atoms with Crippen molar-refractivity contribution >= 4 is 0 Å². The van der Waals surface area contributed by atoms with E-state index in [1.807, 2.05) is 0 Å². The Labute approximate surface area is 148 Å². The molecule has 0 heterocycles. The standard InChI is InChI=1S/C22H32N2/c1-21(2,3)13-8-15-16-9-14(22(4,5)6)11-18(16)20(17(15)10-13)19(12-23)24-7/h13-18H,8-11H2,1-6H3. The second-order valence-corrected chi connectivity index (χ2v) is 10.6. The second-order valence-electron chi connectivity index (χ2n) is 10.6. The van der Waals surface area contributed by atoms with E-state index in [2.05, 4.69) is 52.5 Å². The molecule has 0 aromatic rings. The van der Waals surface area contributed by atoms with E-state index >= 15 is 0 Å². The van der Waals surface area contributed by atoms with Gasteiger partial charge in [0.2, 0.25) is 0 Å². The zero-order chi connectivity index (χ0) is 17.9. The molecule has 2 nitrogen and oxygen atoms in total. The fourth-order valence-electron chi connectivity index (χ4n) is 6.00. The van der Waals surface area contributed by atoms with Crippen molar-refractivity contribution in [3.63, 3.8) is 0 Å². The third kappa shape index (κ3) is 2.69. The summed E-state index contributed by atoms with van der Waals surface area (Å²) in [6.07, 6.45) is 4.98. The number of nitrogens with zero attached hydrogens (tertiary/aromatic N) is 2. The number of fused-ring (bicyclic) bond motifs is 3. The van der Waals surface area contributed by atoms with Gasteiger partial charge in [-0.05, 0) is 77.6 Å². The Kier molecular flexibility index (Phi) is 4.11. The van der Waals surface area contributed by atoms with Crippen LogP contribution in [0.3, 0.4) is 0 Å². The molecule has 0 aromatic heterocycles. The molecule has 3 rings (SSSR count). The van der Waals surface area contributed by atoms with Crippen LogP contribution in [0, 0.1) is 64.2 Å². The zero-order valence-electron chi connectivity index (χ0n) is 16.2. The number of rotatable bonds is 0. The van der Waals surface area contributed by atoms with E-state index in [0.717, 1.165) is 11.8 Å². The minimum atomic E-state index is 0.331. The van der Waals surface area contributed by atoms with Gasteiger partial charge in [0, 0.05) is 0 Å². The van der Waals surface area contributed by atoms with Gasteiger partial charge in [-0.25, -0.2) is 10.1 Å². The molecule has 0 N–H and O–H groups in total. The van der Waals surface area contributed by atoms with Gasteiger partial charge in [-0.2, -0.15) is 0 Å². The van der Waals surface area contributed by atoms with Gasteiger partial charge in [-0.3, -0.25) is 0 Å². The summed E-state index contributed by atoms with van der Waals surface area (Å²) in [5.74, 6) is 3.90. The Morgan fingerprint density at radius 1 is 0.917 bits per heavy atom. The topological polar surface area (TPSA) is 28.1 Å². The van der Waals surface area contributed by atoms with Crippen molar-refractivity contribution in [2.45, 2.75) is 67.2 Å². The van der Waals surface area contributed by atoms with Gasteiger partial charge in [-0.1, -0.05) is 41.5 Å². The monoisotopic (exact) mass is 324 g/mol. The van der Waals surface area contributed by atoms with Crippen molar-refractivity contribution in [1.29, 1.82) is 5.26 Å². The van der Waals surface area contributed by atoms with Crippen LogP contribution in [0.2, 0.25) is 0 Å². The highest BCUT2D eigenvalue weighted by Crippen LogP contribution is 2.65. The maximum Gasteiger partial charge on any atom is 0.261 e. The Hall–Kier alpha value is -1.28. The molecule has 3 fully saturated rings. The lowest BCUT2D eigenvalue weighted by Crippen LogP contribution is -2.20. The molecule has 0 radical (unpaired) electrons. The van der Waals surface area contributed by atoms with Gasteiger partial charge in [0.15, 0.2) is 0 Å². The molecule has 6 atom stereocenters. The number of hydrogen-bond acceptors (Lipinski definition) is 1. The van der Waals surface area contributed by atoms with Crippen LogP contribution in [0.5, 0.6) is 0 Å². The van der Waals surface area contributed by atoms with Crippen molar-refractivity contribution in [2.75, 3.05) is 0 Å². The smallest absolute Gasteiger partial charge is 0.227 e. The highest BCUT2D eigenvalue weighted by Gasteiger charge is 2.57. The fraction of sp³-hybridized carbons (Fsp3) is 0.818. The van der Waals surface area contributed by atoms with Crippen LogP contribution in [0.4, 0.5) is 0 Å². The Morgan fingerprint density at radius 3 is 1.62 bits per heavy atom. The molecule has 0 saturated heterocycles. The summed E-state index contributed by atoms with van der Waals surface area (Å²) < 4.78 is 0. The van der Waals surface area contributed by atoms with Gasteiger partial charge in [0.05, 0.1) is 12.6 Å². The predicted molar refractivity (Wildman–Crippen MR) is 97.6 cm³/mol. The molecule has 24 heavy (non-hydrogen) atoms. The Bertz CT molecular complexity index is 575. The maximum atomic E-state index is 9.56. The quantitative estimate of drug-likeness (QED) is 0.392. The van der Waals surface area contributed by atoms with Crippen LogP contribution in [-0.2, 0) is 0 Å². The highest BCUT2D eigenvalue weighted by atomic mass is 14.7. The van der Waals surface area contributed by atoms with Crippen molar-refractivity contribution in [3.8, 4) is 6.07 Å². The molecule has 0 bridgehead atoms. The van der Waals surface area contributed by atoms with Crippen molar-refractivity contribution in [1.82, 2.24) is 0 Å². The molecule has 130 valence electrons. The summed E-state index contributed by atoms with van der Waals surface area (Å²) in [5, 5.41) is 9.56. The Balaban J connectivity index is 1.98. The van der Waals surface area contributed by atoms with Crippen LogP contribution in [0.25, 0.3) is 4.85 Å². The van der Waals surface area contributed by atoms with E-state index in [4.69, 9.17) is 6.57 Å². The molecule has 6 unspecified atom stereocenters. The first kappa shape index (κ1) is 17.5. The van der Waals surface area contributed by atoms with Gasteiger partial charge < -0.3 is 0 Å². The van der Waals surface area contributed by atoms with Gasteiger partial charge >= 0.3 is 0 Å². The first-order chi connectivity index (χ1) is 11.1. The van der Waals surface area contributed by atoms with E-state index in [1.165, 1.54) is 31.3 Å². The lowest BCUT2D eigenvalue weighted by Gasteiger charge is -2.29.